The number of carbonyl (C=O) groups excluding carboxylic acids is 1. The molecule has 0 aliphatic carbocycles. The predicted molar refractivity (Wildman–Crippen MR) is 91.6 cm³/mol. The molecule has 1 atom stereocenters. The molecule has 2 N–H and O–H groups in total. The van der Waals surface area contributed by atoms with E-state index in [1.807, 2.05) is 19.1 Å². The van der Waals surface area contributed by atoms with Crippen LogP contribution in [0.3, 0.4) is 0 Å². The van der Waals surface area contributed by atoms with E-state index in [2.05, 4.69) is 22.8 Å². The van der Waals surface area contributed by atoms with Crippen molar-refractivity contribution in [3.63, 3.8) is 0 Å². The van der Waals surface area contributed by atoms with E-state index in [-0.39, 0.29) is 24.4 Å². The molecular weight excluding hydrogens is 315 g/mol. The van der Waals surface area contributed by atoms with E-state index >= 15 is 0 Å². The smallest absolute Gasteiger partial charge is 0.251 e. The number of amides is 1. The molecule has 0 saturated heterocycles. The van der Waals surface area contributed by atoms with Gasteiger partial charge in [-0.1, -0.05) is 30.3 Å². The highest BCUT2D eigenvalue weighted by Crippen LogP contribution is 2.22. The highest BCUT2D eigenvalue weighted by atomic mass is 35.5. The minimum atomic E-state index is -0.392. The second-order valence-corrected chi connectivity index (χ2v) is 5.62. The Morgan fingerprint density at radius 2 is 2.09 bits per heavy atom. The number of nitrogens with one attached hydrogen (secondary N) is 2. The van der Waals surface area contributed by atoms with Crippen molar-refractivity contribution in [2.45, 2.75) is 19.4 Å². The molecule has 0 aromatic heterocycles. The first-order chi connectivity index (χ1) is 10.6. The second kappa shape index (κ2) is 7.57. The summed E-state index contributed by atoms with van der Waals surface area (Å²) in [6, 6.07) is 12.6. The molecule has 0 bridgehead atoms. The van der Waals surface area contributed by atoms with Gasteiger partial charge in [0.1, 0.15) is 5.82 Å². The van der Waals surface area contributed by atoms with Crippen LogP contribution >= 0.6 is 12.4 Å². The van der Waals surface area contributed by atoms with Gasteiger partial charge in [-0.25, -0.2) is 4.39 Å². The lowest BCUT2D eigenvalue weighted by atomic mass is 9.94. The van der Waals surface area contributed by atoms with E-state index in [1.54, 1.807) is 6.07 Å². The molecule has 0 saturated carbocycles. The molecule has 1 heterocycles. The molecule has 1 aliphatic heterocycles. The number of aryl methyl sites for hydroxylation is 1. The van der Waals surface area contributed by atoms with Crippen molar-refractivity contribution >= 4 is 18.3 Å². The normalized spacial score (nSPS) is 16.2. The van der Waals surface area contributed by atoms with Crippen LogP contribution < -0.4 is 10.6 Å². The SMILES string of the molecule is Cc1ccc(F)cc1C(=O)NCC1NCCc2ccccc21.Cl. The molecule has 2 aromatic rings. The Bertz CT molecular complexity index is 705. The quantitative estimate of drug-likeness (QED) is 0.905. The van der Waals surface area contributed by atoms with E-state index in [1.165, 1.54) is 23.3 Å². The third kappa shape index (κ3) is 3.89. The van der Waals surface area contributed by atoms with Gasteiger partial charge >= 0.3 is 0 Å². The number of hydrogen-bond acceptors (Lipinski definition) is 2. The van der Waals surface area contributed by atoms with Crippen LogP contribution in [0.1, 0.15) is 33.1 Å². The fraction of sp³-hybridized carbons (Fsp3) is 0.278. The Morgan fingerprint density at radius 3 is 2.91 bits per heavy atom. The number of halogens is 2. The molecule has 3 nitrogen and oxygen atoms in total. The minimum Gasteiger partial charge on any atom is -0.350 e. The standard InChI is InChI=1S/C18H19FN2O.ClH/c1-12-6-7-14(19)10-16(12)18(22)21-11-17-15-5-3-2-4-13(15)8-9-20-17;/h2-7,10,17,20H,8-9,11H2,1H3,(H,21,22);1H. The Labute approximate surface area is 141 Å². The lowest BCUT2D eigenvalue weighted by Crippen LogP contribution is -2.39. The topological polar surface area (TPSA) is 41.1 Å². The average molecular weight is 335 g/mol. The van der Waals surface area contributed by atoms with Gasteiger partial charge in [0.05, 0.1) is 0 Å². The van der Waals surface area contributed by atoms with Crippen LogP contribution in [-0.2, 0) is 6.42 Å². The van der Waals surface area contributed by atoms with Gasteiger partial charge in [-0.05, 0) is 48.7 Å². The van der Waals surface area contributed by atoms with E-state index in [0.717, 1.165) is 18.5 Å². The molecule has 122 valence electrons. The lowest BCUT2D eigenvalue weighted by molar-refractivity contribution is 0.0948. The lowest BCUT2D eigenvalue weighted by Gasteiger charge is -2.27. The van der Waals surface area contributed by atoms with Gasteiger partial charge in [0.15, 0.2) is 0 Å². The van der Waals surface area contributed by atoms with Crippen molar-refractivity contribution in [1.29, 1.82) is 0 Å². The molecule has 3 rings (SSSR count). The Morgan fingerprint density at radius 1 is 1.30 bits per heavy atom. The molecule has 5 heteroatoms. The van der Waals surface area contributed by atoms with Crippen molar-refractivity contribution in [3.05, 3.63) is 70.5 Å². The van der Waals surface area contributed by atoms with E-state index in [9.17, 15) is 9.18 Å². The van der Waals surface area contributed by atoms with Gasteiger partial charge in [0, 0.05) is 18.2 Å². The number of carbonyl (C=O) groups is 1. The first-order valence-corrected chi connectivity index (χ1v) is 7.50. The van der Waals surface area contributed by atoms with Gasteiger partial charge in [-0.2, -0.15) is 0 Å². The molecule has 2 aromatic carbocycles. The van der Waals surface area contributed by atoms with Crippen molar-refractivity contribution < 1.29 is 9.18 Å². The summed E-state index contributed by atoms with van der Waals surface area (Å²) < 4.78 is 13.3. The summed E-state index contributed by atoms with van der Waals surface area (Å²) in [5.74, 6) is -0.626. The molecule has 0 radical (unpaired) electrons. The van der Waals surface area contributed by atoms with Gasteiger partial charge in [0.2, 0.25) is 0 Å². The zero-order valence-corrected chi connectivity index (χ0v) is 13.8. The third-order valence-electron chi connectivity index (χ3n) is 4.13. The maximum atomic E-state index is 13.3. The zero-order valence-electron chi connectivity index (χ0n) is 12.9. The maximum absolute atomic E-state index is 13.3. The Kier molecular flexibility index (Phi) is 5.74. The number of fused-ring (bicyclic) bond motifs is 1. The van der Waals surface area contributed by atoms with Crippen molar-refractivity contribution in [1.82, 2.24) is 10.6 Å². The summed E-state index contributed by atoms with van der Waals surface area (Å²) >= 11 is 0. The molecule has 1 unspecified atom stereocenters. The van der Waals surface area contributed by atoms with Crippen LogP contribution in [0.15, 0.2) is 42.5 Å². The van der Waals surface area contributed by atoms with Crippen LogP contribution in [0.25, 0.3) is 0 Å². The highest BCUT2D eigenvalue weighted by molar-refractivity contribution is 5.95. The molecule has 0 spiro atoms. The van der Waals surface area contributed by atoms with E-state index in [4.69, 9.17) is 0 Å². The maximum Gasteiger partial charge on any atom is 0.251 e. The molecule has 0 fully saturated rings. The van der Waals surface area contributed by atoms with Gasteiger partial charge in [-0.3, -0.25) is 4.79 Å². The summed E-state index contributed by atoms with van der Waals surface area (Å²) in [4.78, 5) is 12.3. The summed E-state index contributed by atoms with van der Waals surface area (Å²) in [5.41, 5.74) is 3.72. The zero-order chi connectivity index (χ0) is 15.5. The van der Waals surface area contributed by atoms with Crippen LogP contribution in [-0.4, -0.2) is 19.0 Å². The van der Waals surface area contributed by atoms with Crippen molar-refractivity contribution in [2.24, 2.45) is 0 Å². The minimum absolute atomic E-state index is 0. The molecule has 23 heavy (non-hydrogen) atoms. The average Bonchev–Trinajstić information content (AvgIpc) is 2.54. The fourth-order valence-corrected chi connectivity index (χ4v) is 2.90. The van der Waals surface area contributed by atoms with E-state index in [0.29, 0.717) is 12.1 Å². The van der Waals surface area contributed by atoms with Crippen LogP contribution in [0, 0.1) is 12.7 Å². The summed E-state index contributed by atoms with van der Waals surface area (Å²) in [6.45, 7) is 3.20. The molecule has 1 aliphatic rings. The number of rotatable bonds is 3. The van der Waals surface area contributed by atoms with Crippen molar-refractivity contribution in [3.8, 4) is 0 Å². The van der Waals surface area contributed by atoms with Gasteiger partial charge in [-0.15, -0.1) is 12.4 Å². The predicted octanol–water partition coefficient (Wildman–Crippen LogP) is 3.17. The largest absolute Gasteiger partial charge is 0.350 e. The monoisotopic (exact) mass is 334 g/mol. The third-order valence-corrected chi connectivity index (χ3v) is 4.13. The van der Waals surface area contributed by atoms with E-state index < -0.39 is 5.82 Å². The van der Waals surface area contributed by atoms with Gasteiger partial charge in [0.25, 0.3) is 5.91 Å². The summed E-state index contributed by atoms with van der Waals surface area (Å²) in [5, 5.41) is 6.33. The number of benzene rings is 2. The second-order valence-electron chi connectivity index (χ2n) is 5.62. The van der Waals surface area contributed by atoms with Crippen LogP contribution in [0.2, 0.25) is 0 Å². The first-order valence-electron chi connectivity index (χ1n) is 7.50. The molecular formula is C18H20ClFN2O. The molecule has 1 amide bonds. The first kappa shape index (κ1) is 17.4. The Hall–Kier alpha value is -1.91. The van der Waals surface area contributed by atoms with Crippen LogP contribution in [0.4, 0.5) is 4.39 Å². The summed E-state index contributed by atoms with van der Waals surface area (Å²) in [7, 11) is 0. The Balaban J connectivity index is 0.00000192. The fourth-order valence-electron chi connectivity index (χ4n) is 2.90. The van der Waals surface area contributed by atoms with Crippen molar-refractivity contribution in [2.75, 3.05) is 13.1 Å². The highest BCUT2D eigenvalue weighted by Gasteiger charge is 2.20. The number of hydrogen-bond donors (Lipinski definition) is 2. The van der Waals surface area contributed by atoms with Crippen LogP contribution in [0.5, 0.6) is 0 Å². The summed E-state index contributed by atoms with van der Waals surface area (Å²) in [6.07, 6.45) is 1.00. The van der Waals surface area contributed by atoms with Gasteiger partial charge < -0.3 is 10.6 Å².